The number of aromatic amines is 1. The highest BCUT2D eigenvalue weighted by atomic mass is 32.1. The molecule has 26 heavy (non-hydrogen) atoms. The molecule has 144 valence electrons. The predicted molar refractivity (Wildman–Crippen MR) is 105 cm³/mol. The van der Waals surface area contributed by atoms with Gasteiger partial charge in [-0.3, -0.25) is 9.69 Å². The van der Waals surface area contributed by atoms with Crippen LogP contribution in [0, 0.1) is 5.92 Å². The zero-order valence-corrected chi connectivity index (χ0v) is 16.9. The Hall–Kier alpha value is -1.28. The summed E-state index contributed by atoms with van der Waals surface area (Å²) in [6.07, 6.45) is 2.70. The third kappa shape index (κ3) is 4.52. The number of aliphatic hydroxyl groups is 1. The summed E-state index contributed by atoms with van der Waals surface area (Å²) in [5.74, 6) is 1.32. The first-order chi connectivity index (χ1) is 12.3. The molecule has 7 heteroatoms. The highest BCUT2D eigenvalue weighted by Gasteiger charge is 2.23. The van der Waals surface area contributed by atoms with Gasteiger partial charge in [-0.1, -0.05) is 6.92 Å². The summed E-state index contributed by atoms with van der Waals surface area (Å²) < 4.78 is 5.44. The third-order valence-electron chi connectivity index (χ3n) is 4.78. The number of fused-ring (bicyclic) bond motifs is 3. The maximum Gasteiger partial charge on any atom is 0.259 e. The van der Waals surface area contributed by atoms with Gasteiger partial charge in [0, 0.05) is 11.4 Å². The van der Waals surface area contributed by atoms with Crippen LogP contribution < -0.4 is 5.56 Å². The predicted octanol–water partition coefficient (Wildman–Crippen LogP) is 2.33. The number of H-pyrrole nitrogens is 1. The van der Waals surface area contributed by atoms with E-state index in [0.717, 1.165) is 29.5 Å². The molecule has 0 fully saturated rings. The fourth-order valence-corrected chi connectivity index (χ4v) is 4.91. The molecule has 0 saturated carbocycles. The molecule has 2 aromatic heterocycles. The Morgan fingerprint density at radius 1 is 1.46 bits per heavy atom. The lowest BCUT2D eigenvalue weighted by Crippen LogP contribution is -2.33. The van der Waals surface area contributed by atoms with Crippen LogP contribution in [0.1, 0.15) is 43.5 Å². The summed E-state index contributed by atoms with van der Waals surface area (Å²) in [6, 6.07) is 0. The van der Waals surface area contributed by atoms with Gasteiger partial charge in [0.25, 0.3) is 5.56 Å². The average molecular weight is 380 g/mol. The Labute approximate surface area is 158 Å². The van der Waals surface area contributed by atoms with Crippen molar-refractivity contribution in [3.05, 3.63) is 26.6 Å². The molecule has 0 aliphatic heterocycles. The van der Waals surface area contributed by atoms with Crippen LogP contribution >= 0.6 is 11.3 Å². The van der Waals surface area contributed by atoms with Crippen molar-refractivity contribution in [1.29, 1.82) is 0 Å². The molecule has 0 bridgehead atoms. The molecule has 0 saturated heterocycles. The van der Waals surface area contributed by atoms with E-state index in [2.05, 4.69) is 11.9 Å². The fourth-order valence-electron chi connectivity index (χ4n) is 3.50. The van der Waals surface area contributed by atoms with Crippen LogP contribution in [-0.4, -0.2) is 52.4 Å². The van der Waals surface area contributed by atoms with Crippen LogP contribution in [0.5, 0.6) is 0 Å². The Balaban J connectivity index is 1.72. The highest BCUT2D eigenvalue weighted by Crippen LogP contribution is 2.35. The molecule has 2 aromatic rings. The second-order valence-corrected chi connectivity index (χ2v) is 8.86. The topological polar surface area (TPSA) is 78.5 Å². The van der Waals surface area contributed by atoms with Crippen LogP contribution in [0.15, 0.2) is 4.79 Å². The van der Waals surface area contributed by atoms with Gasteiger partial charge in [-0.2, -0.15) is 0 Å². The monoisotopic (exact) mass is 379 g/mol. The van der Waals surface area contributed by atoms with Gasteiger partial charge in [0.15, 0.2) is 0 Å². The van der Waals surface area contributed by atoms with E-state index in [-0.39, 0.29) is 11.7 Å². The number of aryl methyl sites for hydroxylation is 1. The Kier molecular flexibility index (Phi) is 6.12. The summed E-state index contributed by atoms with van der Waals surface area (Å²) >= 11 is 1.67. The van der Waals surface area contributed by atoms with Crippen molar-refractivity contribution < 1.29 is 9.84 Å². The van der Waals surface area contributed by atoms with Gasteiger partial charge >= 0.3 is 0 Å². The first-order valence-electron chi connectivity index (χ1n) is 9.35. The molecule has 6 nitrogen and oxygen atoms in total. The number of aliphatic hydroxyl groups excluding tert-OH is 1. The van der Waals surface area contributed by atoms with E-state index in [4.69, 9.17) is 9.72 Å². The molecule has 0 amide bonds. The van der Waals surface area contributed by atoms with Crippen molar-refractivity contribution in [3.8, 4) is 0 Å². The average Bonchev–Trinajstić information content (AvgIpc) is 2.90. The number of thiophene rings is 1. The van der Waals surface area contributed by atoms with E-state index in [1.54, 1.807) is 11.3 Å². The summed E-state index contributed by atoms with van der Waals surface area (Å²) in [6.45, 7) is 7.42. The van der Waals surface area contributed by atoms with Crippen LogP contribution in [0.4, 0.5) is 0 Å². The quantitative estimate of drug-likeness (QED) is 0.772. The number of nitrogens with one attached hydrogen (secondary N) is 1. The van der Waals surface area contributed by atoms with Gasteiger partial charge in [-0.25, -0.2) is 4.98 Å². The Morgan fingerprint density at radius 3 is 2.96 bits per heavy atom. The van der Waals surface area contributed by atoms with Gasteiger partial charge in [0.05, 0.1) is 30.7 Å². The molecule has 1 aliphatic carbocycles. The fraction of sp³-hybridized carbons (Fsp3) is 0.684. The number of ether oxygens (including phenoxy) is 1. The number of aromatic nitrogens is 2. The summed E-state index contributed by atoms with van der Waals surface area (Å²) in [5, 5.41) is 10.8. The van der Waals surface area contributed by atoms with Crippen molar-refractivity contribution in [2.75, 3.05) is 20.2 Å². The summed E-state index contributed by atoms with van der Waals surface area (Å²) in [7, 11) is 1.91. The Morgan fingerprint density at radius 2 is 2.23 bits per heavy atom. The van der Waals surface area contributed by atoms with Gasteiger partial charge in [0.1, 0.15) is 10.7 Å². The highest BCUT2D eigenvalue weighted by molar-refractivity contribution is 7.18. The van der Waals surface area contributed by atoms with Crippen molar-refractivity contribution in [2.45, 2.75) is 58.8 Å². The maximum atomic E-state index is 12.6. The summed E-state index contributed by atoms with van der Waals surface area (Å²) in [5.41, 5.74) is 1.17. The normalized spacial score (nSPS) is 18.7. The van der Waals surface area contributed by atoms with Crippen molar-refractivity contribution in [1.82, 2.24) is 14.9 Å². The van der Waals surface area contributed by atoms with Crippen LogP contribution in [0.3, 0.4) is 0 Å². The van der Waals surface area contributed by atoms with Crippen LogP contribution in [0.25, 0.3) is 10.2 Å². The van der Waals surface area contributed by atoms with Gasteiger partial charge < -0.3 is 14.8 Å². The smallest absolute Gasteiger partial charge is 0.259 e. The number of hydrogen-bond donors (Lipinski definition) is 2. The van der Waals surface area contributed by atoms with E-state index in [1.807, 2.05) is 25.8 Å². The van der Waals surface area contributed by atoms with E-state index in [1.165, 1.54) is 10.4 Å². The van der Waals surface area contributed by atoms with Gasteiger partial charge in [-0.15, -0.1) is 11.3 Å². The van der Waals surface area contributed by atoms with Crippen molar-refractivity contribution >= 4 is 21.6 Å². The van der Waals surface area contributed by atoms with E-state index >= 15 is 0 Å². The molecular formula is C19H29N3O3S. The second kappa shape index (κ2) is 8.17. The maximum absolute atomic E-state index is 12.6. The van der Waals surface area contributed by atoms with Crippen molar-refractivity contribution in [2.24, 2.45) is 5.92 Å². The molecule has 2 heterocycles. The molecule has 0 spiro atoms. The largest absolute Gasteiger partial charge is 0.389 e. The molecule has 2 N–H and O–H groups in total. The molecule has 0 unspecified atom stereocenters. The minimum Gasteiger partial charge on any atom is -0.389 e. The van der Waals surface area contributed by atoms with E-state index < -0.39 is 6.10 Å². The lowest BCUT2D eigenvalue weighted by atomic mass is 9.89. The minimum absolute atomic E-state index is 0.0332. The zero-order chi connectivity index (χ0) is 18.8. The standard InChI is InChI=1S/C19H29N3O3S/c1-11(2)25-10-13(23)8-22(4)9-16-20-18(24)17-14-6-5-12(3)7-15(14)26-19(17)21-16/h11-13,23H,5-10H2,1-4H3,(H,20,21,24)/t12-,13-/m0/s1. The van der Waals surface area contributed by atoms with Crippen molar-refractivity contribution in [3.63, 3.8) is 0 Å². The van der Waals surface area contributed by atoms with E-state index in [9.17, 15) is 9.90 Å². The number of hydrogen-bond acceptors (Lipinski definition) is 6. The third-order valence-corrected chi connectivity index (χ3v) is 5.93. The molecule has 0 aromatic carbocycles. The van der Waals surface area contributed by atoms with Gasteiger partial charge in [-0.05, 0) is 51.6 Å². The number of rotatable bonds is 7. The second-order valence-electron chi connectivity index (χ2n) is 7.78. The lowest BCUT2D eigenvalue weighted by molar-refractivity contribution is -0.00656. The Bertz CT molecular complexity index is 814. The number of nitrogens with zero attached hydrogens (tertiary/aromatic N) is 2. The molecule has 2 atom stereocenters. The molecule has 3 rings (SSSR count). The van der Waals surface area contributed by atoms with Crippen LogP contribution in [-0.2, 0) is 24.1 Å². The van der Waals surface area contributed by atoms with Crippen LogP contribution in [0.2, 0.25) is 0 Å². The first-order valence-corrected chi connectivity index (χ1v) is 10.2. The summed E-state index contributed by atoms with van der Waals surface area (Å²) in [4.78, 5) is 24.4. The molecular weight excluding hydrogens is 350 g/mol. The lowest BCUT2D eigenvalue weighted by Gasteiger charge is -2.20. The van der Waals surface area contributed by atoms with Gasteiger partial charge in [0.2, 0.25) is 0 Å². The van der Waals surface area contributed by atoms with E-state index in [0.29, 0.717) is 31.4 Å². The molecule has 1 aliphatic rings. The SMILES string of the molecule is CC(C)OC[C@@H](O)CN(C)Cc1nc2sc3c(c2c(=O)[nH]1)CC[C@H](C)C3. The first kappa shape index (κ1) is 19.5. The minimum atomic E-state index is -0.562. The zero-order valence-electron chi connectivity index (χ0n) is 16.0. The number of likely N-dealkylation sites (N-methyl/N-ethyl adjacent to an activating group) is 1. The molecule has 0 radical (unpaired) electrons.